The van der Waals surface area contributed by atoms with E-state index in [1.807, 2.05) is 23.7 Å². The largest absolute Gasteiger partial charge is 0.319 e. The van der Waals surface area contributed by atoms with E-state index in [1.54, 1.807) is 17.8 Å². The first-order chi connectivity index (χ1) is 12.5. The summed E-state index contributed by atoms with van der Waals surface area (Å²) in [6.07, 6.45) is 1.99. The summed E-state index contributed by atoms with van der Waals surface area (Å²) >= 11 is 7.80. The van der Waals surface area contributed by atoms with Crippen LogP contribution in [0.2, 0.25) is 5.02 Å². The SMILES string of the molecule is Cc1c(C(=O)Nc2cc(Cl)ccc2SC(C)C)nnn1C1CCNCC1.Cl. The number of rotatable bonds is 5. The molecule has 0 aliphatic carbocycles. The van der Waals surface area contributed by atoms with E-state index >= 15 is 0 Å². The molecule has 2 N–H and O–H groups in total. The van der Waals surface area contributed by atoms with Gasteiger partial charge < -0.3 is 10.6 Å². The fraction of sp³-hybridized carbons (Fsp3) is 0.500. The summed E-state index contributed by atoms with van der Waals surface area (Å²) in [4.78, 5) is 13.8. The molecular formula is C18H25Cl2N5OS. The average Bonchev–Trinajstić information content (AvgIpc) is 2.99. The summed E-state index contributed by atoms with van der Waals surface area (Å²) in [5, 5.41) is 15.7. The first-order valence-electron chi connectivity index (χ1n) is 8.85. The predicted octanol–water partition coefficient (Wildman–Crippen LogP) is 4.34. The molecule has 0 atom stereocenters. The van der Waals surface area contributed by atoms with Gasteiger partial charge in [-0.3, -0.25) is 4.79 Å². The number of hydrogen-bond donors (Lipinski definition) is 2. The lowest BCUT2D eigenvalue weighted by Crippen LogP contribution is -2.30. The maximum atomic E-state index is 12.8. The third-order valence-corrected chi connectivity index (χ3v) is 5.67. The first-order valence-corrected chi connectivity index (χ1v) is 10.1. The molecule has 0 unspecified atom stereocenters. The highest BCUT2D eigenvalue weighted by Crippen LogP contribution is 2.33. The zero-order valence-electron chi connectivity index (χ0n) is 15.7. The van der Waals surface area contributed by atoms with Crippen LogP contribution >= 0.6 is 35.8 Å². The molecule has 27 heavy (non-hydrogen) atoms. The molecule has 0 saturated carbocycles. The van der Waals surface area contributed by atoms with Crippen molar-refractivity contribution in [1.29, 1.82) is 0 Å². The van der Waals surface area contributed by atoms with Crippen molar-refractivity contribution in [2.24, 2.45) is 0 Å². The van der Waals surface area contributed by atoms with E-state index in [4.69, 9.17) is 11.6 Å². The number of carbonyl (C=O) groups excluding carboxylic acids is 1. The summed E-state index contributed by atoms with van der Waals surface area (Å²) in [5.41, 5.74) is 1.87. The van der Waals surface area contributed by atoms with Crippen molar-refractivity contribution in [3.05, 3.63) is 34.6 Å². The molecule has 0 bridgehead atoms. The number of nitrogens with zero attached hydrogens (tertiary/aromatic N) is 3. The van der Waals surface area contributed by atoms with Gasteiger partial charge >= 0.3 is 0 Å². The maximum Gasteiger partial charge on any atom is 0.278 e. The second-order valence-electron chi connectivity index (χ2n) is 6.71. The highest BCUT2D eigenvalue weighted by Gasteiger charge is 2.23. The van der Waals surface area contributed by atoms with Gasteiger partial charge in [0.25, 0.3) is 5.91 Å². The molecule has 6 nitrogen and oxygen atoms in total. The second kappa shape index (κ2) is 9.78. The van der Waals surface area contributed by atoms with Crippen LogP contribution in [0.5, 0.6) is 0 Å². The molecular weight excluding hydrogens is 405 g/mol. The lowest BCUT2D eigenvalue weighted by Gasteiger charge is -2.23. The van der Waals surface area contributed by atoms with Crippen LogP contribution in [-0.4, -0.2) is 39.2 Å². The highest BCUT2D eigenvalue weighted by atomic mass is 35.5. The predicted molar refractivity (Wildman–Crippen MR) is 114 cm³/mol. The Morgan fingerprint density at radius 2 is 2.07 bits per heavy atom. The van der Waals surface area contributed by atoms with Gasteiger partial charge in [0.2, 0.25) is 0 Å². The number of aromatic nitrogens is 3. The molecule has 1 aliphatic rings. The standard InChI is InChI=1S/C18H24ClN5OS.ClH/c1-11(2)26-16-5-4-13(19)10-15(16)21-18(25)17-12(3)24(23-22-17)14-6-8-20-9-7-14;/h4-5,10-11,14,20H,6-9H2,1-3H3,(H,21,25);1H. The molecule has 2 aromatic rings. The number of benzene rings is 1. The molecule has 1 fully saturated rings. The van der Waals surface area contributed by atoms with Crippen LogP contribution < -0.4 is 10.6 Å². The number of halogens is 2. The van der Waals surface area contributed by atoms with Gasteiger partial charge in [0.15, 0.2) is 5.69 Å². The average molecular weight is 430 g/mol. The number of thioether (sulfide) groups is 1. The Morgan fingerprint density at radius 1 is 1.37 bits per heavy atom. The van der Waals surface area contributed by atoms with Crippen LogP contribution in [0.4, 0.5) is 5.69 Å². The van der Waals surface area contributed by atoms with E-state index < -0.39 is 0 Å². The summed E-state index contributed by atoms with van der Waals surface area (Å²) in [6.45, 7) is 8.05. The normalized spacial score (nSPS) is 14.9. The van der Waals surface area contributed by atoms with Crippen molar-refractivity contribution in [3.8, 4) is 0 Å². The van der Waals surface area contributed by atoms with Crippen LogP contribution in [0, 0.1) is 6.92 Å². The van der Waals surface area contributed by atoms with Crippen molar-refractivity contribution in [2.75, 3.05) is 18.4 Å². The van der Waals surface area contributed by atoms with Crippen LogP contribution in [0.15, 0.2) is 23.1 Å². The monoisotopic (exact) mass is 429 g/mol. The van der Waals surface area contributed by atoms with Gasteiger partial charge in [0, 0.05) is 15.2 Å². The molecule has 1 aromatic heterocycles. The quantitative estimate of drug-likeness (QED) is 0.691. The van der Waals surface area contributed by atoms with E-state index in [9.17, 15) is 4.79 Å². The summed E-state index contributed by atoms with van der Waals surface area (Å²) in [7, 11) is 0. The van der Waals surface area contributed by atoms with Crippen LogP contribution in [-0.2, 0) is 0 Å². The van der Waals surface area contributed by atoms with Crippen molar-refractivity contribution in [1.82, 2.24) is 20.3 Å². The van der Waals surface area contributed by atoms with E-state index in [0.29, 0.717) is 27.7 Å². The molecule has 2 heterocycles. The maximum absolute atomic E-state index is 12.8. The number of amides is 1. The fourth-order valence-electron chi connectivity index (χ4n) is 3.09. The molecule has 0 radical (unpaired) electrons. The molecule has 9 heteroatoms. The number of carbonyl (C=O) groups is 1. The zero-order valence-corrected chi connectivity index (χ0v) is 18.0. The van der Waals surface area contributed by atoms with Crippen molar-refractivity contribution < 1.29 is 4.79 Å². The second-order valence-corrected chi connectivity index (χ2v) is 8.77. The van der Waals surface area contributed by atoms with Crippen molar-refractivity contribution in [2.45, 2.75) is 49.8 Å². The van der Waals surface area contributed by atoms with E-state index in [0.717, 1.165) is 36.5 Å². The Bertz CT molecular complexity index is 790. The number of hydrogen-bond acceptors (Lipinski definition) is 5. The molecule has 1 saturated heterocycles. The summed E-state index contributed by atoms with van der Waals surface area (Å²) < 4.78 is 1.89. The van der Waals surface area contributed by atoms with Crippen molar-refractivity contribution in [3.63, 3.8) is 0 Å². The Kier molecular flexibility index (Phi) is 7.97. The molecule has 0 spiro atoms. The molecule has 148 valence electrons. The van der Waals surface area contributed by atoms with Crippen molar-refractivity contribution >= 4 is 47.4 Å². The third kappa shape index (κ3) is 5.38. The third-order valence-electron chi connectivity index (χ3n) is 4.35. The van der Waals surface area contributed by atoms with Crippen LogP contribution in [0.1, 0.15) is 48.9 Å². The Balaban J connectivity index is 0.00000261. The number of nitrogens with one attached hydrogen (secondary N) is 2. The van der Waals surface area contributed by atoms with Gasteiger partial charge in [0.05, 0.1) is 17.4 Å². The molecule has 1 amide bonds. The van der Waals surface area contributed by atoms with Crippen LogP contribution in [0.3, 0.4) is 0 Å². The minimum Gasteiger partial charge on any atom is -0.319 e. The van der Waals surface area contributed by atoms with Gasteiger partial charge in [-0.1, -0.05) is 30.7 Å². The minimum absolute atomic E-state index is 0. The lowest BCUT2D eigenvalue weighted by molar-refractivity contribution is 0.102. The zero-order chi connectivity index (χ0) is 18.7. The van der Waals surface area contributed by atoms with E-state index in [-0.39, 0.29) is 18.3 Å². The fourth-order valence-corrected chi connectivity index (χ4v) is 4.15. The van der Waals surface area contributed by atoms with E-state index in [1.165, 1.54) is 0 Å². The molecule has 1 aromatic carbocycles. The topological polar surface area (TPSA) is 71.8 Å². The Labute approximate surface area is 175 Å². The number of piperidine rings is 1. The van der Waals surface area contributed by atoms with Gasteiger partial charge in [0.1, 0.15) is 0 Å². The van der Waals surface area contributed by atoms with Gasteiger partial charge in [-0.25, -0.2) is 4.68 Å². The van der Waals surface area contributed by atoms with E-state index in [2.05, 4.69) is 34.8 Å². The van der Waals surface area contributed by atoms with Gasteiger partial charge in [-0.15, -0.1) is 29.3 Å². The Hall–Kier alpha value is -1.28. The van der Waals surface area contributed by atoms with Gasteiger partial charge in [-0.2, -0.15) is 0 Å². The minimum atomic E-state index is -0.254. The smallest absolute Gasteiger partial charge is 0.278 e. The Morgan fingerprint density at radius 3 is 2.74 bits per heavy atom. The molecule has 1 aliphatic heterocycles. The summed E-state index contributed by atoms with van der Waals surface area (Å²) in [5.74, 6) is -0.254. The van der Waals surface area contributed by atoms with Crippen LogP contribution in [0.25, 0.3) is 0 Å². The molecule has 3 rings (SSSR count). The summed E-state index contributed by atoms with van der Waals surface area (Å²) in [6, 6.07) is 5.84. The lowest BCUT2D eigenvalue weighted by atomic mass is 10.1. The highest BCUT2D eigenvalue weighted by molar-refractivity contribution is 8.00. The first kappa shape index (κ1) is 22.0. The van der Waals surface area contributed by atoms with Gasteiger partial charge in [-0.05, 0) is 51.1 Å². The number of anilines is 1.